The van der Waals surface area contributed by atoms with Crippen LogP contribution in [0.25, 0.3) is 0 Å². The van der Waals surface area contributed by atoms with Gasteiger partial charge in [0.25, 0.3) is 0 Å². The van der Waals surface area contributed by atoms with Crippen LogP contribution in [-0.2, 0) is 11.3 Å². The van der Waals surface area contributed by atoms with Crippen LogP contribution in [0.3, 0.4) is 0 Å². The lowest BCUT2D eigenvalue weighted by Crippen LogP contribution is -2.41. The Bertz CT molecular complexity index is 473. The number of hydrogen-bond acceptors (Lipinski definition) is 5. The van der Waals surface area contributed by atoms with Crippen LogP contribution in [-0.4, -0.2) is 33.3 Å². The Morgan fingerprint density at radius 3 is 2.84 bits per heavy atom. The summed E-state index contributed by atoms with van der Waals surface area (Å²) in [7, 11) is 0. The summed E-state index contributed by atoms with van der Waals surface area (Å²) in [5.74, 6) is -0.308. The summed E-state index contributed by atoms with van der Waals surface area (Å²) in [4.78, 5) is 26.3. The molecular formula is C11H16N4O4. The van der Waals surface area contributed by atoms with Gasteiger partial charge in [-0.15, -0.1) is 0 Å². The molecule has 8 nitrogen and oxygen atoms in total. The van der Waals surface area contributed by atoms with Crippen molar-refractivity contribution < 1.29 is 19.2 Å². The SMILES string of the molecule is Cc1nc(CNC(=O)NC2CCC(C(=O)O)C2)no1. The van der Waals surface area contributed by atoms with E-state index in [1.807, 2.05) is 0 Å². The third-order valence-corrected chi connectivity index (χ3v) is 3.09. The second-order valence-corrected chi connectivity index (χ2v) is 4.60. The van der Waals surface area contributed by atoms with Gasteiger partial charge in [0.2, 0.25) is 5.89 Å². The summed E-state index contributed by atoms with van der Waals surface area (Å²) in [6, 6.07) is -0.438. The van der Waals surface area contributed by atoms with E-state index in [0.717, 1.165) is 0 Å². The van der Waals surface area contributed by atoms with Crippen LogP contribution in [0.4, 0.5) is 4.79 Å². The molecule has 2 unspecified atom stereocenters. The number of aliphatic carboxylic acids is 1. The third kappa shape index (κ3) is 3.67. The maximum Gasteiger partial charge on any atom is 0.315 e. The molecule has 1 heterocycles. The Morgan fingerprint density at radius 2 is 2.26 bits per heavy atom. The van der Waals surface area contributed by atoms with Gasteiger partial charge >= 0.3 is 12.0 Å². The van der Waals surface area contributed by atoms with Crippen molar-refractivity contribution in [2.75, 3.05) is 0 Å². The molecule has 8 heteroatoms. The van der Waals surface area contributed by atoms with E-state index in [1.54, 1.807) is 6.92 Å². The smallest absolute Gasteiger partial charge is 0.315 e. The molecule has 2 atom stereocenters. The Hall–Kier alpha value is -2.12. The fraction of sp³-hybridized carbons (Fsp3) is 0.636. The highest BCUT2D eigenvalue weighted by Crippen LogP contribution is 2.25. The zero-order chi connectivity index (χ0) is 13.8. The fourth-order valence-electron chi connectivity index (χ4n) is 2.15. The van der Waals surface area contributed by atoms with Gasteiger partial charge in [-0.25, -0.2) is 4.79 Å². The monoisotopic (exact) mass is 268 g/mol. The standard InChI is InChI=1S/C11H16N4O4/c1-6-13-9(15-19-6)5-12-11(18)14-8-3-2-7(4-8)10(16)17/h7-8H,2-5H2,1H3,(H,16,17)(H2,12,14,18). The molecule has 1 aromatic heterocycles. The molecule has 3 N–H and O–H groups in total. The zero-order valence-corrected chi connectivity index (χ0v) is 10.5. The van der Waals surface area contributed by atoms with E-state index in [1.165, 1.54) is 0 Å². The van der Waals surface area contributed by atoms with Gasteiger partial charge in [0, 0.05) is 13.0 Å². The number of carboxylic acid groups (broad SMARTS) is 1. The molecule has 2 amide bonds. The van der Waals surface area contributed by atoms with Crippen LogP contribution in [0.5, 0.6) is 0 Å². The van der Waals surface area contributed by atoms with Crippen molar-refractivity contribution in [1.82, 2.24) is 20.8 Å². The summed E-state index contributed by atoms with van der Waals surface area (Å²) in [6.45, 7) is 1.85. The topological polar surface area (TPSA) is 117 Å². The highest BCUT2D eigenvalue weighted by atomic mass is 16.5. The number of hydrogen-bond donors (Lipinski definition) is 3. The van der Waals surface area contributed by atoms with Gasteiger partial charge in [-0.3, -0.25) is 4.79 Å². The Balaban J connectivity index is 1.72. The maximum atomic E-state index is 11.6. The number of rotatable bonds is 4. The molecule has 0 aliphatic heterocycles. The molecule has 104 valence electrons. The van der Waals surface area contributed by atoms with E-state index in [4.69, 9.17) is 9.63 Å². The lowest BCUT2D eigenvalue weighted by atomic mass is 10.1. The van der Waals surface area contributed by atoms with Crippen molar-refractivity contribution in [2.45, 2.75) is 38.8 Å². The number of nitrogens with one attached hydrogen (secondary N) is 2. The molecule has 2 rings (SSSR count). The first-order chi connectivity index (χ1) is 9.04. The van der Waals surface area contributed by atoms with Crippen molar-refractivity contribution in [1.29, 1.82) is 0 Å². The van der Waals surface area contributed by atoms with Crippen molar-refractivity contribution in [3.8, 4) is 0 Å². The van der Waals surface area contributed by atoms with Crippen molar-refractivity contribution in [3.63, 3.8) is 0 Å². The number of aryl methyl sites for hydroxylation is 1. The highest BCUT2D eigenvalue weighted by Gasteiger charge is 2.30. The molecule has 1 fully saturated rings. The number of carbonyl (C=O) groups is 2. The van der Waals surface area contributed by atoms with Crippen LogP contribution >= 0.6 is 0 Å². The number of carbonyl (C=O) groups excluding carboxylic acids is 1. The summed E-state index contributed by atoms with van der Waals surface area (Å²) in [5, 5.41) is 17.9. The largest absolute Gasteiger partial charge is 0.481 e. The number of carboxylic acids is 1. The number of amides is 2. The van der Waals surface area contributed by atoms with E-state index in [-0.39, 0.29) is 24.5 Å². The molecule has 1 aliphatic rings. The molecular weight excluding hydrogens is 252 g/mol. The minimum atomic E-state index is -0.799. The van der Waals surface area contributed by atoms with Crippen molar-refractivity contribution in [3.05, 3.63) is 11.7 Å². The van der Waals surface area contributed by atoms with E-state index in [0.29, 0.717) is 31.0 Å². The van der Waals surface area contributed by atoms with Crippen LogP contribution in [0.15, 0.2) is 4.52 Å². The quantitative estimate of drug-likeness (QED) is 0.729. The van der Waals surface area contributed by atoms with Crippen molar-refractivity contribution in [2.24, 2.45) is 5.92 Å². The molecule has 0 aromatic carbocycles. The molecule has 1 saturated carbocycles. The minimum Gasteiger partial charge on any atom is -0.481 e. The van der Waals surface area contributed by atoms with Crippen LogP contribution in [0, 0.1) is 12.8 Å². The zero-order valence-electron chi connectivity index (χ0n) is 10.5. The maximum absolute atomic E-state index is 11.6. The fourth-order valence-corrected chi connectivity index (χ4v) is 2.15. The van der Waals surface area contributed by atoms with Gasteiger partial charge in [-0.1, -0.05) is 5.16 Å². The first-order valence-electron chi connectivity index (χ1n) is 6.11. The second-order valence-electron chi connectivity index (χ2n) is 4.60. The average molecular weight is 268 g/mol. The Labute approximate surface area is 109 Å². The molecule has 0 bridgehead atoms. The van der Waals surface area contributed by atoms with Gasteiger partial charge in [-0.2, -0.15) is 4.98 Å². The van der Waals surface area contributed by atoms with Crippen LogP contribution < -0.4 is 10.6 Å². The molecule has 0 radical (unpaired) electrons. The number of aromatic nitrogens is 2. The summed E-state index contributed by atoms with van der Waals surface area (Å²) in [6.07, 6.45) is 1.76. The van der Waals surface area contributed by atoms with E-state index in [2.05, 4.69) is 20.8 Å². The summed E-state index contributed by atoms with van der Waals surface area (Å²) < 4.78 is 4.77. The molecule has 0 spiro atoms. The van der Waals surface area contributed by atoms with Gasteiger partial charge in [0.05, 0.1) is 12.5 Å². The predicted molar refractivity (Wildman–Crippen MR) is 63.2 cm³/mol. The highest BCUT2D eigenvalue weighted by molar-refractivity contribution is 5.75. The molecule has 0 saturated heterocycles. The summed E-state index contributed by atoms with van der Waals surface area (Å²) >= 11 is 0. The predicted octanol–water partition coefficient (Wildman–Crippen LogP) is 0.431. The Kier molecular flexibility index (Phi) is 3.98. The summed E-state index contributed by atoms with van der Waals surface area (Å²) in [5.41, 5.74) is 0. The Morgan fingerprint density at radius 1 is 1.47 bits per heavy atom. The van der Waals surface area contributed by atoms with Crippen molar-refractivity contribution >= 4 is 12.0 Å². The lowest BCUT2D eigenvalue weighted by molar-refractivity contribution is -0.141. The van der Waals surface area contributed by atoms with Gasteiger partial charge < -0.3 is 20.3 Å². The molecule has 19 heavy (non-hydrogen) atoms. The van der Waals surface area contributed by atoms with Crippen LogP contribution in [0.1, 0.15) is 31.0 Å². The normalized spacial score (nSPS) is 22.2. The van der Waals surface area contributed by atoms with Gasteiger partial charge in [-0.05, 0) is 19.3 Å². The van der Waals surface area contributed by atoms with E-state index in [9.17, 15) is 9.59 Å². The van der Waals surface area contributed by atoms with Gasteiger partial charge in [0.1, 0.15) is 0 Å². The third-order valence-electron chi connectivity index (χ3n) is 3.09. The lowest BCUT2D eigenvalue weighted by Gasteiger charge is -2.12. The minimum absolute atomic E-state index is 0.0897. The molecule has 1 aliphatic carbocycles. The number of urea groups is 1. The molecule has 1 aromatic rings. The van der Waals surface area contributed by atoms with Crippen LogP contribution in [0.2, 0.25) is 0 Å². The second kappa shape index (κ2) is 5.68. The average Bonchev–Trinajstić information content (AvgIpc) is 2.96. The first kappa shape index (κ1) is 13.3. The number of nitrogens with zero attached hydrogens (tertiary/aromatic N) is 2. The van der Waals surface area contributed by atoms with E-state index < -0.39 is 5.97 Å². The first-order valence-corrected chi connectivity index (χ1v) is 6.11. The van der Waals surface area contributed by atoms with Gasteiger partial charge in [0.15, 0.2) is 5.82 Å². The van der Waals surface area contributed by atoms with E-state index >= 15 is 0 Å².